The Balaban J connectivity index is 1.45. The summed E-state index contributed by atoms with van der Waals surface area (Å²) < 4.78 is 1.72. The Morgan fingerprint density at radius 1 is 1.03 bits per heavy atom. The second-order valence-corrected chi connectivity index (χ2v) is 7.45. The van der Waals surface area contributed by atoms with Gasteiger partial charge in [-0.05, 0) is 42.6 Å². The third-order valence-corrected chi connectivity index (χ3v) is 5.18. The fourth-order valence-electron chi connectivity index (χ4n) is 2.87. The molecular weight excluding hydrogens is 400 g/mol. The first kappa shape index (κ1) is 19.5. The molecule has 0 unspecified atom stereocenters. The van der Waals surface area contributed by atoms with Crippen molar-refractivity contribution >= 4 is 45.6 Å². The summed E-state index contributed by atoms with van der Waals surface area (Å²) in [4.78, 5) is 25.5. The Morgan fingerprint density at radius 2 is 1.83 bits per heavy atom. The summed E-state index contributed by atoms with van der Waals surface area (Å²) >= 11 is 1.33. The molecule has 0 atom stereocenters. The SMILES string of the molecule is CC(Cn1nnc2ccccc21)=NNC(=O)c1ccccc1NC(=O)c1cccs1. The zero-order valence-electron chi connectivity index (χ0n) is 16.1. The molecule has 0 spiro atoms. The minimum absolute atomic E-state index is 0.261. The van der Waals surface area contributed by atoms with E-state index >= 15 is 0 Å². The average Bonchev–Trinajstić information content (AvgIpc) is 3.43. The van der Waals surface area contributed by atoms with Crippen LogP contribution in [0, 0.1) is 0 Å². The van der Waals surface area contributed by atoms with Gasteiger partial charge in [-0.1, -0.05) is 35.5 Å². The van der Waals surface area contributed by atoms with E-state index in [2.05, 4.69) is 26.2 Å². The van der Waals surface area contributed by atoms with Crippen molar-refractivity contribution in [3.63, 3.8) is 0 Å². The molecule has 0 fully saturated rings. The number of nitrogens with zero attached hydrogens (tertiary/aromatic N) is 4. The Labute approximate surface area is 176 Å². The van der Waals surface area contributed by atoms with Crippen LogP contribution in [0.25, 0.3) is 11.0 Å². The van der Waals surface area contributed by atoms with Gasteiger partial charge < -0.3 is 5.32 Å². The molecular formula is C21H18N6O2S. The molecule has 150 valence electrons. The lowest BCUT2D eigenvalue weighted by atomic mass is 10.1. The van der Waals surface area contributed by atoms with E-state index in [1.165, 1.54) is 11.3 Å². The van der Waals surface area contributed by atoms with Gasteiger partial charge in [0, 0.05) is 0 Å². The summed E-state index contributed by atoms with van der Waals surface area (Å²) in [5.74, 6) is -0.678. The highest BCUT2D eigenvalue weighted by Gasteiger charge is 2.14. The number of anilines is 1. The Bertz CT molecular complexity index is 1230. The quantitative estimate of drug-likeness (QED) is 0.369. The summed E-state index contributed by atoms with van der Waals surface area (Å²) in [6.45, 7) is 2.18. The number of benzene rings is 2. The number of rotatable bonds is 6. The molecule has 4 rings (SSSR count). The van der Waals surface area contributed by atoms with Crippen molar-refractivity contribution in [2.24, 2.45) is 5.10 Å². The molecule has 2 aromatic heterocycles. The molecule has 4 aromatic rings. The van der Waals surface area contributed by atoms with Gasteiger partial charge in [0.2, 0.25) is 0 Å². The number of carbonyl (C=O) groups is 2. The molecule has 0 saturated heterocycles. The third kappa shape index (κ3) is 4.26. The number of hydrazone groups is 1. The number of hydrogen-bond donors (Lipinski definition) is 2. The smallest absolute Gasteiger partial charge is 0.273 e. The number of carbonyl (C=O) groups excluding carboxylic acids is 2. The zero-order valence-corrected chi connectivity index (χ0v) is 16.9. The molecule has 0 aliphatic carbocycles. The van der Waals surface area contributed by atoms with Crippen LogP contribution in [-0.2, 0) is 6.54 Å². The highest BCUT2D eigenvalue weighted by atomic mass is 32.1. The van der Waals surface area contributed by atoms with Gasteiger partial charge in [0.25, 0.3) is 11.8 Å². The van der Waals surface area contributed by atoms with Crippen molar-refractivity contribution in [2.75, 3.05) is 5.32 Å². The number of para-hydroxylation sites is 2. The van der Waals surface area contributed by atoms with Crippen LogP contribution in [0.5, 0.6) is 0 Å². The van der Waals surface area contributed by atoms with Crippen molar-refractivity contribution in [3.05, 3.63) is 76.5 Å². The molecule has 0 aliphatic heterocycles. The molecule has 8 nitrogen and oxygen atoms in total. The van der Waals surface area contributed by atoms with Gasteiger partial charge >= 0.3 is 0 Å². The second-order valence-electron chi connectivity index (χ2n) is 6.50. The highest BCUT2D eigenvalue weighted by molar-refractivity contribution is 7.12. The third-order valence-electron chi connectivity index (χ3n) is 4.31. The molecule has 0 radical (unpaired) electrons. The van der Waals surface area contributed by atoms with E-state index in [0.717, 1.165) is 11.0 Å². The van der Waals surface area contributed by atoms with Crippen LogP contribution in [0.1, 0.15) is 27.0 Å². The van der Waals surface area contributed by atoms with E-state index in [-0.39, 0.29) is 5.91 Å². The number of amides is 2. The molecule has 2 amide bonds. The van der Waals surface area contributed by atoms with Crippen molar-refractivity contribution in [1.82, 2.24) is 20.4 Å². The largest absolute Gasteiger partial charge is 0.321 e. The highest BCUT2D eigenvalue weighted by Crippen LogP contribution is 2.18. The van der Waals surface area contributed by atoms with E-state index < -0.39 is 5.91 Å². The van der Waals surface area contributed by atoms with Gasteiger partial charge in [-0.15, -0.1) is 16.4 Å². The van der Waals surface area contributed by atoms with Gasteiger partial charge in [-0.2, -0.15) is 5.10 Å². The number of fused-ring (bicyclic) bond motifs is 1. The summed E-state index contributed by atoms with van der Waals surface area (Å²) in [5, 5.41) is 17.0. The topological polar surface area (TPSA) is 101 Å². The monoisotopic (exact) mass is 418 g/mol. The normalized spacial score (nSPS) is 11.4. The molecule has 9 heteroatoms. The maximum atomic E-state index is 12.7. The lowest BCUT2D eigenvalue weighted by molar-refractivity contribution is 0.0955. The van der Waals surface area contributed by atoms with E-state index in [1.807, 2.05) is 29.6 Å². The Morgan fingerprint density at radius 3 is 2.67 bits per heavy atom. The molecule has 0 saturated carbocycles. The molecule has 0 aliphatic rings. The Hall–Kier alpha value is -3.85. The van der Waals surface area contributed by atoms with Crippen LogP contribution in [-0.4, -0.2) is 32.5 Å². The van der Waals surface area contributed by atoms with Crippen LogP contribution in [0.15, 0.2) is 71.1 Å². The number of nitrogens with one attached hydrogen (secondary N) is 2. The van der Waals surface area contributed by atoms with Gasteiger partial charge in [-0.3, -0.25) is 9.59 Å². The van der Waals surface area contributed by atoms with Crippen LogP contribution in [0.2, 0.25) is 0 Å². The lowest BCUT2D eigenvalue weighted by Crippen LogP contribution is -2.23. The van der Waals surface area contributed by atoms with Gasteiger partial charge in [0.15, 0.2) is 0 Å². The van der Waals surface area contributed by atoms with Gasteiger partial charge in [0.1, 0.15) is 5.52 Å². The summed E-state index contributed by atoms with van der Waals surface area (Å²) in [5.41, 5.74) is 5.63. The first-order valence-electron chi connectivity index (χ1n) is 9.17. The summed E-state index contributed by atoms with van der Waals surface area (Å²) in [6, 6.07) is 17.9. The van der Waals surface area contributed by atoms with E-state index in [9.17, 15) is 9.59 Å². The predicted molar refractivity (Wildman–Crippen MR) is 117 cm³/mol. The summed E-state index contributed by atoms with van der Waals surface area (Å²) in [7, 11) is 0. The van der Waals surface area contributed by atoms with Crippen LogP contribution < -0.4 is 10.7 Å². The molecule has 30 heavy (non-hydrogen) atoms. The lowest BCUT2D eigenvalue weighted by Gasteiger charge is -2.09. The van der Waals surface area contributed by atoms with Crippen LogP contribution in [0.4, 0.5) is 5.69 Å². The number of thiophene rings is 1. The van der Waals surface area contributed by atoms with E-state index in [1.54, 1.807) is 48.0 Å². The zero-order chi connectivity index (χ0) is 20.9. The fourth-order valence-corrected chi connectivity index (χ4v) is 3.49. The van der Waals surface area contributed by atoms with E-state index in [0.29, 0.717) is 28.4 Å². The number of aromatic nitrogens is 3. The van der Waals surface area contributed by atoms with Crippen molar-refractivity contribution in [2.45, 2.75) is 13.5 Å². The number of hydrogen-bond acceptors (Lipinski definition) is 6. The Kier molecular flexibility index (Phi) is 5.62. The fraction of sp³-hybridized carbons (Fsp3) is 0.0952. The molecule has 2 heterocycles. The van der Waals surface area contributed by atoms with Crippen LogP contribution >= 0.6 is 11.3 Å². The van der Waals surface area contributed by atoms with E-state index in [4.69, 9.17) is 0 Å². The van der Waals surface area contributed by atoms with Crippen LogP contribution in [0.3, 0.4) is 0 Å². The van der Waals surface area contributed by atoms with Crippen molar-refractivity contribution < 1.29 is 9.59 Å². The standard InChI is InChI=1S/C21H18N6O2S/c1-14(13-27-18-10-5-4-9-17(18)24-26-27)23-25-20(28)15-7-2-3-8-16(15)22-21(29)19-11-6-12-30-19/h2-12H,13H2,1H3,(H,22,29)(H,25,28). The molecule has 2 N–H and O–H groups in total. The molecule has 0 bridgehead atoms. The predicted octanol–water partition coefficient (Wildman–Crippen LogP) is 3.55. The minimum Gasteiger partial charge on any atom is -0.321 e. The summed E-state index contributed by atoms with van der Waals surface area (Å²) in [6.07, 6.45) is 0. The maximum absolute atomic E-state index is 12.7. The van der Waals surface area contributed by atoms with Gasteiger partial charge in [-0.25, -0.2) is 10.1 Å². The first-order chi connectivity index (χ1) is 14.6. The van der Waals surface area contributed by atoms with Crippen molar-refractivity contribution in [1.29, 1.82) is 0 Å². The van der Waals surface area contributed by atoms with Crippen molar-refractivity contribution in [3.8, 4) is 0 Å². The molecule has 2 aromatic carbocycles. The van der Waals surface area contributed by atoms with Gasteiger partial charge in [0.05, 0.1) is 33.9 Å². The average molecular weight is 418 g/mol. The first-order valence-corrected chi connectivity index (χ1v) is 10.1. The second kappa shape index (κ2) is 8.66. The minimum atomic E-state index is -0.417. The maximum Gasteiger partial charge on any atom is 0.273 e.